The first kappa shape index (κ1) is 13.8. The maximum absolute atomic E-state index is 12.6. The maximum atomic E-state index is 12.6. The molecule has 3 aromatic rings. The lowest BCUT2D eigenvalue weighted by Crippen LogP contribution is -2.15. The summed E-state index contributed by atoms with van der Waals surface area (Å²) in [6, 6.07) is 11.4. The van der Waals surface area contributed by atoms with Gasteiger partial charge < -0.3 is 5.32 Å². The number of rotatable bonds is 2. The zero-order chi connectivity index (χ0) is 15.0. The van der Waals surface area contributed by atoms with Gasteiger partial charge in [-0.25, -0.2) is 4.98 Å². The topological polar surface area (TPSA) is 46.4 Å². The fraction of sp³-hybridized carbons (Fsp3) is 0.125. The second-order valence-electron chi connectivity index (χ2n) is 4.91. The summed E-state index contributed by atoms with van der Waals surface area (Å²) in [6.45, 7) is 3.85. The molecule has 106 valence electrons. The lowest BCUT2D eigenvalue weighted by molar-refractivity contribution is 0.102. The summed E-state index contributed by atoms with van der Waals surface area (Å²) in [5.74, 6) is -0.171. The van der Waals surface area contributed by atoms with Gasteiger partial charge in [0.15, 0.2) is 0 Å². The Bertz CT molecular complexity index is 839. The average Bonchev–Trinajstić information content (AvgIpc) is 2.76. The van der Waals surface area contributed by atoms with Crippen molar-refractivity contribution in [2.45, 2.75) is 13.8 Å². The number of benzene rings is 1. The van der Waals surface area contributed by atoms with Crippen LogP contribution in [0.4, 0.5) is 5.69 Å². The van der Waals surface area contributed by atoms with Crippen LogP contribution < -0.4 is 5.32 Å². The Kier molecular flexibility index (Phi) is 3.51. The molecule has 2 aromatic heterocycles. The number of anilines is 1. The highest BCUT2D eigenvalue weighted by molar-refractivity contribution is 9.10. The van der Waals surface area contributed by atoms with Gasteiger partial charge in [-0.3, -0.25) is 9.20 Å². The van der Waals surface area contributed by atoms with E-state index in [1.54, 1.807) is 0 Å². The fourth-order valence-corrected chi connectivity index (χ4v) is 2.67. The Balaban J connectivity index is 2.02. The van der Waals surface area contributed by atoms with Gasteiger partial charge in [-0.2, -0.15) is 0 Å². The first-order valence-corrected chi connectivity index (χ1v) is 7.37. The van der Waals surface area contributed by atoms with Crippen LogP contribution in [0.2, 0.25) is 0 Å². The smallest absolute Gasteiger partial charge is 0.274 e. The van der Waals surface area contributed by atoms with E-state index in [2.05, 4.69) is 26.2 Å². The van der Waals surface area contributed by atoms with E-state index < -0.39 is 0 Å². The molecule has 0 saturated carbocycles. The number of carbonyl (C=O) groups excluding carboxylic acids is 1. The number of halogens is 1. The van der Waals surface area contributed by atoms with Crippen LogP contribution in [0.25, 0.3) is 5.65 Å². The molecule has 0 aliphatic rings. The van der Waals surface area contributed by atoms with Crippen molar-refractivity contribution in [3.63, 3.8) is 0 Å². The van der Waals surface area contributed by atoms with Gasteiger partial charge in [0, 0.05) is 10.7 Å². The number of nitrogens with one attached hydrogen (secondary N) is 1. The molecule has 0 fully saturated rings. The van der Waals surface area contributed by atoms with E-state index in [4.69, 9.17) is 0 Å². The second kappa shape index (κ2) is 5.33. The van der Waals surface area contributed by atoms with Gasteiger partial charge in [0.25, 0.3) is 5.91 Å². The third kappa shape index (κ3) is 2.56. The lowest BCUT2D eigenvalue weighted by Gasteiger charge is -2.07. The van der Waals surface area contributed by atoms with E-state index in [1.165, 1.54) is 0 Å². The highest BCUT2D eigenvalue weighted by Gasteiger charge is 2.17. The molecule has 0 aliphatic carbocycles. The van der Waals surface area contributed by atoms with Crippen LogP contribution in [0.15, 0.2) is 47.1 Å². The van der Waals surface area contributed by atoms with Crippen LogP contribution in [0.1, 0.15) is 21.7 Å². The van der Waals surface area contributed by atoms with Crippen LogP contribution in [-0.4, -0.2) is 15.3 Å². The molecular weight excluding hydrogens is 330 g/mol. The Morgan fingerprint density at radius 1 is 1.24 bits per heavy atom. The molecule has 1 aromatic carbocycles. The monoisotopic (exact) mass is 343 g/mol. The van der Waals surface area contributed by atoms with E-state index in [9.17, 15) is 4.79 Å². The molecule has 5 heteroatoms. The third-order valence-electron chi connectivity index (χ3n) is 3.29. The van der Waals surface area contributed by atoms with Crippen molar-refractivity contribution in [2.24, 2.45) is 0 Å². The summed E-state index contributed by atoms with van der Waals surface area (Å²) >= 11 is 3.43. The summed E-state index contributed by atoms with van der Waals surface area (Å²) in [6.07, 6.45) is 1.87. The molecule has 0 aliphatic heterocycles. The van der Waals surface area contributed by atoms with E-state index in [1.807, 2.05) is 60.8 Å². The predicted molar refractivity (Wildman–Crippen MR) is 86.8 cm³/mol. The van der Waals surface area contributed by atoms with Gasteiger partial charge in [0.05, 0.1) is 11.4 Å². The fourth-order valence-electron chi connectivity index (χ4n) is 2.28. The van der Waals surface area contributed by atoms with E-state index in [0.29, 0.717) is 11.4 Å². The number of nitrogens with zero attached hydrogens (tertiary/aromatic N) is 2. The molecular formula is C16H14BrN3O. The molecule has 0 atom stereocenters. The van der Waals surface area contributed by atoms with E-state index in [-0.39, 0.29) is 5.91 Å². The molecule has 2 heterocycles. The quantitative estimate of drug-likeness (QED) is 0.765. The molecule has 1 amide bonds. The number of pyridine rings is 1. The molecule has 0 unspecified atom stereocenters. The first-order valence-electron chi connectivity index (χ1n) is 6.57. The maximum Gasteiger partial charge on any atom is 0.274 e. The van der Waals surface area contributed by atoms with Crippen molar-refractivity contribution in [1.29, 1.82) is 0 Å². The summed E-state index contributed by atoms with van der Waals surface area (Å²) in [4.78, 5) is 17.0. The minimum absolute atomic E-state index is 0.171. The van der Waals surface area contributed by atoms with Gasteiger partial charge in [-0.15, -0.1) is 0 Å². The highest BCUT2D eigenvalue weighted by Crippen LogP contribution is 2.22. The molecule has 4 nitrogen and oxygen atoms in total. The number of fused-ring (bicyclic) bond motifs is 1. The van der Waals surface area contributed by atoms with E-state index in [0.717, 1.165) is 21.4 Å². The zero-order valence-corrected chi connectivity index (χ0v) is 13.3. The van der Waals surface area contributed by atoms with Gasteiger partial charge in [-0.05, 0) is 59.6 Å². The van der Waals surface area contributed by atoms with Crippen molar-refractivity contribution in [2.75, 3.05) is 5.32 Å². The zero-order valence-electron chi connectivity index (χ0n) is 11.7. The minimum atomic E-state index is -0.171. The Morgan fingerprint density at radius 3 is 2.76 bits per heavy atom. The summed E-state index contributed by atoms with van der Waals surface area (Å²) in [7, 11) is 0. The van der Waals surface area contributed by atoms with Crippen LogP contribution in [0.5, 0.6) is 0 Å². The Labute approximate surface area is 131 Å². The van der Waals surface area contributed by atoms with Crippen LogP contribution in [0, 0.1) is 13.8 Å². The average molecular weight is 344 g/mol. The van der Waals surface area contributed by atoms with Gasteiger partial charge in [-0.1, -0.05) is 12.1 Å². The molecule has 1 N–H and O–H groups in total. The van der Waals surface area contributed by atoms with Gasteiger partial charge in [0.1, 0.15) is 11.3 Å². The Hall–Kier alpha value is -2.14. The second-order valence-corrected chi connectivity index (χ2v) is 5.77. The van der Waals surface area contributed by atoms with Gasteiger partial charge >= 0.3 is 0 Å². The lowest BCUT2D eigenvalue weighted by atomic mass is 10.2. The predicted octanol–water partition coefficient (Wildman–Crippen LogP) is 3.97. The van der Waals surface area contributed by atoms with Crippen molar-refractivity contribution in [3.05, 3.63) is 64.0 Å². The summed E-state index contributed by atoms with van der Waals surface area (Å²) < 4.78 is 2.66. The standard InChI is InChI=1S/C16H14BrN3O/c1-10-7-8-20-14(9-10)18-11(2)15(20)16(21)19-13-6-4-3-5-12(13)17/h3-9H,1-2H3,(H,19,21). The number of carbonyl (C=O) groups is 1. The summed E-state index contributed by atoms with van der Waals surface area (Å²) in [5, 5.41) is 2.91. The van der Waals surface area contributed by atoms with E-state index >= 15 is 0 Å². The molecule has 0 radical (unpaired) electrons. The molecule has 0 bridgehead atoms. The minimum Gasteiger partial charge on any atom is -0.320 e. The number of aryl methyl sites for hydroxylation is 2. The Morgan fingerprint density at radius 2 is 2.00 bits per heavy atom. The number of hydrogen-bond acceptors (Lipinski definition) is 2. The normalized spacial score (nSPS) is 10.8. The van der Waals surface area contributed by atoms with Crippen molar-refractivity contribution >= 4 is 33.2 Å². The molecule has 0 saturated heterocycles. The van der Waals surface area contributed by atoms with Crippen LogP contribution >= 0.6 is 15.9 Å². The van der Waals surface area contributed by atoms with Crippen molar-refractivity contribution < 1.29 is 4.79 Å². The number of hydrogen-bond donors (Lipinski definition) is 1. The number of para-hydroxylation sites is 1. The van der Waals surface area contributed by atoms with Crippen molar-refractivity contribution in [3.8, 4) is 0 Å². The first-order chi connectivity index (χ1) is 10.1. The number of amides is 1. The van der Waals surface area contributed by atoms with Crippen LogP contribution in [0.3, 0.4) is 0 Å². The SMILES string of the molecule is Cc1ccn2c(C(=O)Nc3ccccc3Br)c(C)nc2c1. The summed E-state index contributed by atoms with van der Waals surface area (Å²) in [5.41, 5.74) is 3.91. The highest BCUT2D eigenvalue weighted by atomic mass is 79.9. The molecule has 21 heavy (non-hydrogen) atoms. The number of imidazole rings is 1. The number of aromatic nitrogens is 2. The van der Waals surface area contributed by atoms with Crippen molar-refractivity contribution in [1.82, 2.24) is 9.38 Å². The van der Waals surface area contributed by atoms with Crippen LogP contribution in [-0.2, 0) is 0 Å². The molecule has 0 spiro atoms. The van der Waals surface area contributed by atoms with Gasteiger partial charge in [0.2, 0.25) is 0 Å². The largest absolute Gasteiger partial charge is 0.320 e. The molecule has 3 rings (SSSR count). The third-order valence-corrected chi connectivity index (χ3v) is 3.98.